The molecule has 1 fully saturated rings. The maximum Gasteiger partial charge on any atom is 0.334 e. The van der Waals surface area contributed by atoms with Crippen LogP contribution < -0.4 is 4.74 Å². The first-order chi connectivity index (χ1) is 10.4. The van der Waals surface area contributed by atoms with Gasteiger partial charge in [-0.05, 0) is 30.2 Å². The summed E-state index contributed by atoms with van der Waals surface area (Å²) in [4.78, 5) is 37.7. The van der Waals surface area contributed by atoms with Gasteiger partial charge < -0.3 is 4.74 Å². The SMILES string of the molecule is CC(C)CN1C(=O)C(=O)N(CCOc2ccc(Br)cc2)C1=O. The molecule has 0 radical (unpaired) electrons. The van der Waals surface area contributed by atoms with E-state index < -0.39 is 17.8 Å². The number of carbonyl (C=O) groups is 3. The Kier molecular flexibility index (Phi) is 5.18. The molecule has 1 saturated heterocycles. The Labute approximate surface area is 137 Å². The molecule has 1 aliphatic heterocycles. The highest BCUT2D eigenvalue weighted by Gasteiger charge is 2.44. The van der Waals surface area contributed by atoms with Crippen LogP contribution in [-0.4, -0.2) is 47.3 Å². The number of amides is 4. The van der Waals surface area contributed by atoms with Gasteiger partial charge in [0.15, 0.2) is 0 Å². The number of hydrogen-bond acceptors (Lipinski definition) is 4. The number of carbonyl (C=O) groups excluding carboxylic acids is 3. The summed E-state index contributed by atoms with van der Waals surface area (Å²) in [5.41, 5.74) is 0. The van der Waals surface area contributed by atoms with Gasteiger partial charge in [-0.3, -0.25) is 19.4 Å². The van der Waals surface area contributed by atoms with Crippen molar-refractivity contribution >= 4 is 33.8 Å². The van der Waals surface area contributed by atoms with E-state index in [-0.39, 0.29) is 25.6 Å². The average molecular weight is 369 g/mol. The molecule has 0 aromatic heterocycles. The monoisotopic (exact) mass is 368 g/mol. The molecule has 1 aromatic carbocycles. The fraction of sp³-hybridized carbons (Fsp3) is 0.400. The summed E-state index contributed by atoms with van der Waals surface area (Å²) in [6, 6.07) is 6.63. The molecule has 4 amide bonds. The predicted octanol–water partition coefficient (Wildman–Crippen LogP) is 2.27. The third-order valence-corrected chi connectivity index (χ3v) is 3.61. The van der Waals surface area contributed by atoms with Crippen molar-refractivity contribution in [3.8, 4) is 5.75 Å². The molecule has 118 valence electrons. The molecule has 0 bridgehead atoms. The van der Waals surface area contributed by atoms with Crippen LogP contribution in [-0.2, 0) is 9.59 Å². The number of ether oxygens (including phenoxy) is 1. The molecule has 22 heavy (non-hydrogen) atoms. The molecule has 0 aliphatic carbocycles. The third kappa shape index (κ3) is 3.65. The second kappa shape index (κ2) is 6.91. The van der Waals surface area contributed by atoms with Crippen LogP contribution in [0, 0.1) is 5.92 Å². The maximum absolute atomic E-state index is 12.1. The molecule has 6 nitrogen and oxygen atoms in total. The summed E-state index contributed by atoms with van der Waals surface area (Å²) >= 11 is 3.32. The van der Waals surface area contributed by atoms with Crippen LogP contribution in [0.15, 0.2) is 28.7 Å². The van der Waals surface area contributed by atoms with E-state index in [1.165, 1.54) is 0 Å². The lowest BCUT2D eigenvalue weighted by Crippen LogP contribution is -2.37. The van der Waals surface area contributed by atoms with Crippen LogP contribution in [0.2, 0.25) is 0 Å². The van der Waals surface area contributed by atoms with E-state index in [0.717, 1.165) is 14.3 Å². The van der Waals surface area contributed by atoms with E-state index in [4.69, 9.17) is 4.74 Å². The van der Waals surface area contributed by atoms with Crippen molar-refractivity contribution < 1.29 is 19.1 Å². The molecule has 0 saturated carbocycles. The number of urea groups is 1. The maximum atomic E-state index is 12.1. The van der Waals surface area contributed by atoms with Crippen molar-refractivity contribution in [2.24, 2.45) is 5.92 Å². The first-order valence-corrected chi connectivity index (χ1v) is 7.75. The van der Waals surface area contributed by atoms with Gasteiger partial charge in [-0.1, -0.05) is 29.8 Å². The molecule has 7 heteroatoms. The zero-order valence-electron chi connectivity index (χ0n) is 12.4. The van der Waals surface area contributed by atoms with Crippen molar-refractivity contribution in [1.82, 2.24) is 9.80 Å². The minimum absolute atomic E-state index is 0.0497. The van der Waals surface area contributed by atoms with E-state index in [1.807, 2.05) is 26.0 Å². The molecule has 1 aromatic rings. The molecular weight excluding hydrogens is 352 g/mol. The smallest absolute Gasteiger partial charge is 0.334 e. The zero-order chi connectivity index (χ0) is 16.3. The fourth-order valence-electron chi connectivity index (χ4n) is 2.06. The molecule has 0 N–H and O–H groups in total. The lowest BCUT2D eigenvalue weighted by atomic mass is 10.2. The number of imide groups is 2. The number of rotatable bonds is 6. The van der Waals surface area contributed by atoms with Crippen molar-refractivity contribution in [1.29, 1.82) is 0 Å². The van der Waals surface area contributed by atoms with E-state index >= 15 is 0 Å². The first-order valence-electron chi connectivity index (χ1n) is 6.96. The molecule has 1 aliphatic rings. The third-order valence-electron chi connectivity index (χ3n) is 3.08. The first kappa shape index (κ1) is 16.5. The highest BCUT2D eigenvalue weighted by atomic mass is 79.9. The van der Waals surface area contributed by atoms with Gasteiger partial charge in [0, 0.05) is 11.0 Å². The number of halogens is 1. The Balaban J connectivity index is 1.92. The summed E-state index contributed by atoms with van der Waals surface area (Å²) in [5.74, 6) is -0.806. The van der Waals surface area contributed by atoms with Crippen LogP contribution in [0.4, 0.5) is 4.79 Å². The highest BCUT2D eigenvalue weighted by molar-refractivity contribution is 9.10. The standard InChI is InChI=1S/C15H17BrN2O4/c1-10(2)9-18-14(20)13(19)17(15(18)21)7-8-22-12-5-3-11(16)4-6-12/h3-6,10H,7-9H2,1-2H3. The summed E-state index contributed by atoms with van der Waals surface area (Å²) < 4.78 is 6.40. The summed E-state index contributed by atoms with van der Waals surface area (Å²) in [6.07, 6.45) is 0. The van der Waals surface area contributed by atoms with E-state index in [1.54, 1.807) is 12.1 Å². The van der Waals surface area contributed by atoms with E-state index in [9.17, 15) is 14.4 Å². The zero-order valence-corrected chi connectivity index (χ0v) is 14.0. The van der Waals surface area contributed by atoms with Crippen molar-refractivity contribution in [3.05, 3.63) is 28.7 Å². The minimum Gasteiger partial charge on any atom is -0.492 e. The van der Waals surface area contributed by atoms with Crippen LogP contribution in [0.3, 0.4) is 0 Å². The molecular formula is C15H17BrN2O4. The van der Waals surface area contributed by atoms with Gasteiger partial charge in [-0.2, -0.15) is 0 Å². The second-order valence-corrected chi connectivity index (χ2v) is 6.27. The Morgan fingerprint density at radius 1 is 1.05 bits per heavy atom. The van der Waals surface area contributed by atoms with Gasteiger partial charge in [0.25, 0.3) is 0 Å². The normalized spacial score (nSPS) is 15.2. The number of nitrogens with zero attached hydrogens (tertiary/aromatic N) is 2. The van der Waals surface area contributed by atoms with Crippen molar-refractivity contribution in [2.75, 3.05) is 19.7 Å². The lowest BCUT2D eigenvalue weighted by molar-refractivity contribution is -0.143. The Morgan fingerprint density at radius 3 is 2.23 bits per heavy atom. The molecule has 0 unspecified atom stereocenters. The quantitative estimate of drug-likeness (QED) is 0.570. The largest absolute Gasteiger partial charge is 0.492 e. The second-order valence-electron chi connectivity index (χ2n) is 5.35. The van der Waals surface area contributed by atoms with Crippen LogP contribution >= 0.6 is 15.9 Å². The molecule has 0 atom stereocenters. The summed E-state index contributed by atoms with van der Waals surface area (Å²) in [6.45, 7) is 4.19. The van der Waals surface area contributed by atoms with Crippen molar-refractivity contribution in [2.45, 2.75) is 13.8 Å². The highest BCUT2D eigenvalue weighted by Crippen LogP contribution is 2.17. The van der Waals surface area contributed by atoms with Gasteiger partial charge in [-0.15, -0.1) is 0 Å². The van der Waals surface area contributed by atoms with Crippen LogP contribution in [0.25, 0.3) is 0 Å². The molecule has 1 heterocycles. The predicted molar refractivity (Wildman–Crippen MR) is 83.3 cm³/mol. The van der Waals surface area contributed by atoms with Crippen LogP contribution in [0.5, 0.6) is 5.75 Å². The molecule has 0 spiro atoms. The van der Waals surface area contributed by atoms with Gasteiger partial charge in [0.1, 0.15) is 12.4 Å². The van der Waals surface area contributed by atoms with Crippen molar-refractivity contribution in [3.63, 3.8) is 0 Å². The lowest BCUT2D eigenvalue weighted by Gasteiger charge is -2.17. The van der Waals surface area contributed by atoms with Crippen LogP contribution in [0.1, 0.15) is 13.8 Å². The topological polar surface area (TPSA) is 66.9 Å². The Hall–Kier alpha value is -1.89. The van der Waals surface area contributed by atoms with E-state index in [2.05, 4.69) is 15.9 Å². The Morgan fingerprint density at radius 2 is 1.64 bits per heavy atom. The average Bonchev–Trinajstić information content (AvgIpc) is 2.66. The van der Waals surface area contributed by atoms with Gasteiger partial charge in [-0.25, -0.2) is 4.79 Å². The Bertz CT molecular complexity index is 586. The van der Waals surface area contributed by atoms with Gasteiger partial charge >= 0.3 is 17.8 Å². The van der Waals surface area contributed by atoms with Gasteiger partial charge in [0.05, 0.1) is 6.54 Å². The number of benzene rings is 1. The minimum atomic E-state index is -0.787. The van der Waals surface area contributed by atoms with Gasteiger partial charge in [0.2, 0.25) is 0 Å². The molecule has 2 rings (SSSR count). The summed E-state index contributed by atoms with van der Waals surface area (Å²) in [5, 5.41) is 0. The fourth-order valence-corrected chi connectivity index (χ4v) is 2.32. The van der Waals surface area contributed by atoms with E-state index in [0.29, 0.717) is 5.75 Å². The summed E-state index contributed by atoms with van der Waals surface area (Å²) in [7, 11) is 0. The number of hydrogen-bond donors (Lipinski definition) is 0.